The number of hydrogen-bond donors (Lipinski definition) is 2. The molecule has 3 aromatic carbocycles. The highest BCUT2D eigenvalue weighted by atomic mass is 16.7. The normalized spacial score (nSPS) is 17.7. The molecule has 3 aromatic rings. The molecule has 0 bridgehead atoms. The van der Waals surface area contributed by atoms with E-state index >= 15 is 0 Å². The van der Waals surface area contributed by atoms with Gasteiger partial charge >= 0.3 is 13.2 Å². The molecule has 0 radical (unpaired) electrons. The molecule has 0 unspecified atom stereocenters. The molecular formula is C31H35BN2O4. The number of nitrogen functional groups attached to an aromatic ring is 1. The van der Waals surface area contributed by atoms with Crippen molar-refractivity contribution in [1.82, 2.24) is 5.32 Å². The Labute approximate surface area is 225 Å². The average Bonchev–Trinajstić information content (AvgIpc) is 3.31. The van der Waals surface area contributed by atoms with Crippen LogP contribution in [0.3, 0.4) is 0 Å². The van der Waals surface area contributed by atoms with Crippen LogP contribution in [0.1, 0.15) is 55.9 Å². The van der Waals surface area contributed by atoms with Crippen LogP contribution >= 0.6 is 0 Å². The number of nitrogens with two attached hydrogens (primary N) is 1. The van der Waals surface area contributed by atoms with E-state index in [1.807, 2.05) is 83.2 Å². The molecule has 1 fully saturated rings. The van der Waals surface area contributed by atoms with Gasteiger partial charge in [-0.25, -0.2) is 4.79 Å². The zero-order chi connectivity index (χ0) is 27.1. The summed E-state index contributed by atoms with van der Waals surface area (Å²) < 4.78 is 18.3. The molecule has 1 aliphatic heterocycles. The van der Waals surface area contributed by atoms with Crippen molar-refractivity contribution in [2.24, 2.45) is 0 Å². The lowest BCUT2D eigenvalue weighted by atomic mass is 9.76. The van der Waals surface area contributed by atoms with E-state index in [1.54, 1.807) is 0 Å². The standard InChI is InChI=1S/C31H35BN2O4/c1-20-14-15-28(33)21(16-20)17-22(32-37-30(2,3)31(4,5)38-32)18-34-29(35)36-19-27-25-12-8-6-10-23(25)24-11-7-9-13-26(24)27/h6-17,27H,18-19,33H2,1-5H3,(H,34,35). The fourth-order valence-corrected chi connectivity index (χ4v) is 5.04. The molecule has 1 amide bonds. The number of amides is 1. The van der Waals surface area contributed by atoms with Crippen LogP contribution in [-0.4, -0.2) is 37.6 Å². The lowest BCUT2D eigenvalue weighted by molar-refractivity contribution is 0.00578. The van der Waals surface area contributed by atoms with Crippen LogP contribution in [0.15, 0.2) is 72.2 Å². The zero-order valence-electron chi connectivity index (χ0n) is 22.7. The van der Waals surface area contributed by atoms with E-state index in [0.29, 0.717) is 5.69 Å². The first kappa shape index (κ1) is 26.1. The maximum absolute atomic E-state index is 12.9. The predicted octanol–water partition coefficient (Wildman–Crippen LogP) is 6.13. The summed E-state index contributed by atoms with van der Waals surface area (Å²) in [6, 6.07) is 22.4. The second-order valence-corrected chi connectivity index (χ2v) is 11.1. The Morgan fingerprint density at radius 2 is 1.55 bits per heavy atom. The molecule has 38 heavy (non-hydrogen) atoms. The van der Waals surface area contributed by atoms with Crippen molar-refractivity contribution in [3.63, 3.8) is 0 Å². The Kier molecular flexibility index (Phi) is 6.84. The summed E-state index contributed by atoms with van der Waals surface area (Å²) >= 11 is 0. The maximum Gasteiger partial charge on any atom is 0.492 e. The van der Waals surface area contributed by atoms with Gasteiger partial charge < -0.3 is 25.1 Å². The first-order chi connectivity index (χ1) is 18.1. The Hall–Kier alpha value is -3.55. The molecule has 0 spiro atoms. The van der Waals surface area contributed by atoms with Gasteiger partial charge in [0.2, 0.25) is 0 Å². The number of nitrogens with one attached hydrogen (secondary N) is 1. The summed E-state index contributed by atoms with van der Waals surface area (Å²) in [6.07, 6.45) is 1.44. The van der Waals surface area contributed by atoms with Gasteiger partial charge in [0.25, 0.3) is 0 Å². The van der Waals surface area contributed by atoms with E-state index < -0.39 is 24.4 Å². The van der Waals surface area contributed by atoms with Gasteiger partial charge in [0, 0.05) is 18.2 Å². The first-order valence-corrected chi connectivity index (χ1v) is 13.1. The molecule has 6 nitrogen and oxygen atoms in total. The van der Waals surface area contributed by atoms with Crippen molar-refractivity contribution < 1.29 is 18.8 Å². The van der Waals surface area contributed by atoms with Crippen molar-refractivity contribution in [3.8, 4) is 11.1 Å². The highest BCUT2D eigenvalue weighted by Crippen LogP contribution is 2.44. The molecule has 7 heteroatoms. The number of ether oxygens (including phenoxy) is 1. The van der Waals surface area contributed by atoms with Crippen LogP contribution in [0.4, 0.5) is 10.5 Å². The molecule has 1 heterocycles. The Balaban J connectivity index is 1.31. The van der Waals surface area contributed by atoms with E-state index in [2.05, 4.69) is 29.6 Å². The zero-order valence-corrected chi connectivity index (χ0v) is 22.7. The predicted molar refractivity (Wildman–Crippen MR) is 153 cm³/mol. The molecule has 0 aromatic heterocycles. The van der Waals surface area contributed by atoms with Gasteiger partial charge in [0.1, 0.15) is 6.61 Å². The number of aryl methyl sites for hydroxylation is 1. The van der Waals surface area contributed by atoms with Crippen LogP contribution in [0.5, 0.6) is 0 Å². The van der Waals surface area contributed by atoms with Gasteiger partial charge in [-0.2, -0.15) is 0 Å². The van der Waals surface area contributed by atoms with Crippen molar-refractivity contribution in [2.45, 2.75) is 51.7 Å². The molecule has 1 saturated heterocycles. The average molecular weight is 510 g/mol. The molecule has 0 saturated carbocycles. The highest BCUT2D eigenvalue weighted by molar-refractivity contribution is 6.56. The van der Waals surface area contributed by atoms with Crippen molar-refractivity contribution in [2.75, 3.05) is 18.9 Å². The third kappa shape index (κ3) is 4.96. The van der Waals surface area contributed by atoms with Crippen molar-refractivity contribution in [1.29, 1.82) is 0 Å². The Morgan fingerprint density at radius 3 is 2.16 bits per heavy atom. The number of anilines is 1. The smallest absolute Gasteiger partial charge is 0.449 e. The topological polar surface area (TPSA) is 82.8 Å². The fraction of sp³-hybridized carbons (Fsp3) is 0.323. The number of alkyl carbamates (subject to hydrolysis) is 1. The third-order valence-corrected chi connectivity index (χ3v) is 7.92. The fourth-order valence-electron chi connectivity index (χ4n) is 5.04. The third-order valence-electron chi connectivity index (χ3n) is 7.92. The second-order valence-electron chi connectivity index (χ2n) is 11.1. The minimum Gasteiger partial charge on any atom is -0.449 e. The Bertz CT molecular complexity index is 1340. The number of benzene rings is 3. The summed E-state index contributed by atoms with van der Waals surface area (Å²) in [4.78, 5) is 12.9. The lowest BCUT2D eigenvalue weighted by Crippen LogP contribution is -2.41. The molecule has 5 rings (SSSR count). The van der Waals surface area contributed by atoms with Gasteiger partial charge in [0.05, 0.1) is 11.2 Å². The largest absolute Gasteiger partial charge is 0.492 e. The van der Waals surface area contributed by atoms with Crippen molar-refractivity contribution >= 4 is 25.0 Å². The van der Waals surface area contributed by atoms with Crippen LogP contribution in [0.2, 0.25) is 0 Å². The van der Waals surface area contributed by atoms with Crippen LogP contribution in [-0.2, 0) is 14.0 Å². The molecule has 1 aliphatic carbocycles. The number of fused-ring (bicyclic) bond motifs is 3. The molecule has 2 aliphatic rings. The van der Waals surface area contributed by atoms with Crippen LogP contribution in [0.25, 0.3) is 17.2 Å². The SMILES string of the molecule is Cc1ccc(N)c(C=C(CNC(=O)OCC2c3ccccc3-c3ccccc32)B2OC(C)(C)C(C)(C)O2)c1. The summed E-state index contributed by atoms with van der Waals surface area (Å²) in [5, 5.41) is 2.91. The number of carbonyl (C=O) groups is 1. The summed E-state index contributed by atoms with van der Waals surface area (Å²) in [5.41, 5.74) is 13.3. The maximum atomic E-state index is 12.9. The quantitative estimate of drug-likeness (QED) is 0.308. The van der Waals surface area contributed by atoms with E-state index in [-0.39, 0.29) is 19.1 Å². The summed E-state index contributed by atoms with van der Waals surface area (Å²) in [5.74, 6) is -0.00153. The minimum absolute atomic E-state index is 0.00153. The van der Waals surface area contributed by atoms with E-state index in [4.69, 9.17) is 19.8 Å². The van der Waals surface area contributed by atoms with E-state index in [0.717, 1.165) is 16.6 Å². The lowest BCUT2D eigenvalue weighted by Gasteiger charge is -2.32. The molecule has 196 valence electrons. The summed E-state index contributed by atoms with van der Waals surface area (Å²) in [7, 11) is -0.631. The van der Waals surface area contributed by atoms with Gasteiger partial charge in [-0.1, -0.05) is 72.3 Å². The van der Waals surface area contributed by atoms with Gasteiger partial charge in [0.15, 0.2) is 0 Å². The van der Waals surface area contributed by atoms with Gasteiger partial charge in [-0.15, -0.1) is 0 Å². The highest BCUT2D eigenvalue weighted by Gasteiger charge is 2.52. The van der Waals surface area contributed by atoms with Crippen LogP contribution in [0, 0.1) is 6.92 Å². The minimum atomic E-state index is -0.631. The molecule has 3 N–H and O–H groups in total. The summed E-state index contributed by atoms with van der Waals surface area (Å²) in [6.45, 7) is 10.5. The Morgan fingerprint density at radius 1 is 0.974 bits per heavy atom. The van der Waals surface area contributed by atoms with Crippen molar-refractivity contribution in [3.05, 3.63) is 94.5 Å². The number of hydrogen-bond acceptors (Lipinski definition) is 5. The van der Waals surface area contributed by atoms with E-state index in [9.17, 15) is 4.79 Å². The number of carbonyl (C=O) groups excluding carboxylic acids is 1. The van der Waals surface area contributed by atoms with Gasteiger partial charge in [-0.3, -0.25) is 0 Å². The molecule has 0 atom stereocenters. The monoisotopic (exact) mass is 510 g/mol. The van der Waals surface area contributed by atoms with Crippen LogP contribution < -0.4 is 11.1 Å². The molecular weight excluding hydrogens is 475 g/mol. The van der Waals surface area contributed by atoms with Gasteiger partial charge in [-0.05, 0) is 74.0 Å². The second kappa shape index (κ2) is 9.97. The van der Waals surface area contributed by atoms with E-state index in [1.165, 1.54) is 22.3 Å². The number of rotatable bonds is 6. The first-order valence-electron chi connectivity index (χ1n) is 13.1.